The topological polar surface area (TPSA) is 0 Å². The molecule has 2 radical (unpaired) electrons. The van der Waals surface area contributed by atoms with E-state index in [-0.39, 0.29) is 0 Å². The summed E-state index contributed by atoms with van der Waals surface area (Å²) in [6.45, 7) is 9.83. The lowest BCUT2D eigenvalue weighted by Crippen LogP contribution is -1.90. The molecule has 48 valence electrons. The van der Waals surface area contributed by atoms with Gasteiger partial charge in [-0.25, -0.2) is 0 Å². The van der Waals surface area contributed by atoms with Crippen molar-refractivity contribution in [2.75, 3.05) is 0 Å². The van der Waals surface area contributed by atoms with Crippen LogP contribution in [0, 0.1) is 19.8 Å². The first-order chi connectivity index (χ1) is 3.81. The van der Waals surface area contributed by atoms with Gasteiger partial charge in [-0.05, 0) is 5.92 Å². The molecule has 0 aliphatic rings. The van der Waals surface area contributed by atoms with Gasteiger partial charge in [0.05, 0.1) is 0 Å². The van der Waals surface area contributed by atoms with Crippen molar-refractivity contribution in [3.63, 3.8) is 0 Å². The zero-order valence-corrected chi connectivity index (χ0v) is 5.82. The van der Waals surface area contributed by atoms with E-state index in [1.165, 1.54) is 12.8 Å². The molecule has 0 aromatic rings. The van der Waals surface area contributed by atoms with Gasteiger partial charge in [0.15, 0.2) is 0 Å². The monoisotopic (exact) mass is 112 g/mol. The second-order valence-corrected chi connectivity index (χ2v) is 2.39. The highest BCUT2D eigenvalue weighted by atomic mass is 14.0. The van der Waals surface area contributed by atoms with Gasteiger partial charge in [-0.1, -0.05) is 46.5 Å². The lowest BCUT2D eigenvalue weighted by atomic mass is 10.0. The van der Waals surface area contributed by atoms with Crippen LogP contribution in [0.25, 0.3) is 0 Å². The van der Waals surface area contributed by atoms with E-state index in [1.54, 1.807) is 0 Å². The van der Waals surface area contributed by atoms with Crippen LogP contribution in [0.4, 0.5) is 0 Å². The average Bonchev–Trinajstić information content (AvgIpc) is 1.83. The van der Waals surface area contributed by atoms with E-state index in [0.717, 1.165) is 18.8 Å². The summed E-state index contributed by atoms with van der Waals surface area (Å²) >= 11 is 0. The van der Waals surface area contributed by atoms with Crippen LogP contribution in [0.1, 0.15) is 32.6 Å². The summed E-state index contributed by atoms with van der Waals surface area (Å²) in [5, 5.41) is 0. The Labute approximate surface area is 53.3 Å². The van der Waals surface area contributed by atoms with Crippen molar-refractivity contribution >= 4 is 0 Å². The maximum Gasteiger partial charge on any atom is -0.0443 e. The van der Waals surface area contributed by atoms with Crippen molar-refractivity contribution in [3.8, 4) is 0 Å². The SMILES string of the molecule is [CH2]CCCC(C)C[CH2]. The lowest BCUT2D eigenvalue weighted by molar-refractivity contribution is 0.517. The second-order valence-electron chi connectivity index (χ2n) is 2.39. The molecule has 0 nitrogen and oxygen atoms in total. The molecule has 0 bridgehead atoms. The minimum Gasteiger partial charge on any atom is -0.0625 e. The fourth-order valence-electron chi connectivity index (χ4n) is 0.637. The molecule has 0 aliphatic carbocycles. The Morgan fingerprint density at radius 2 is 2.00 bits per heavy atom. The molecule has 0 aliphatic heterocycles. The van der Waals surface area contributed by atoms with Crippen molar-refractivity contribution in [2.24, 2.45) is 5.92 Å². The molecule has 0 saturated heterocycles. The Morgan fingerprint density at radius 1 is 1.38 bits per heavy atom. The van der Waals surface area contributed by atoms with Crippen LogP contribution in [0.2, 0.25) is 0 Å². The van der Waals surface area contributed by atoms with Crippen LogP contribution in [-0.4, -0.2) is 0 Å². The van der Waals surface area contributed by atoms with E-state index in [1.807, 2.05) is 0 Å². The van der Waals surface area contributed by atoms with Crippen LogP contribution >= 0.6 is 0 Å². The zero-order chi connectivity index (χ0) is 6.41. The fourth-order valence-corrected chi connectivity index (χ4v) is 0.637. The Morgan fingerprint density at radius 3 is 2.38 bits per heavy atom. The van der Waals surface area contributed by atoms with Crippen LogP contribution in [0.3, 0.4) is 0 Å². The van der Waals surface area contributed by atoms with Crippen LogP contribution in [0.5, 0.6) is 0 Å². The fraction of sp³-hybridized carbons (Fsp3) is 0.750. The van der Waals surface area contributed by atoms with E-state index in [0.29, 0.717) is 0 Å². The molecule has 0 aromatic carbocycles. The lowest BCUT2D eigenvalue weighted by Gasteiger charge is -2.04. The molecule has 0 spiro atoms. The predicted molar refractivity (Wildman–Crippen MR) is 38.3 cm³/mol. The van der Waals surface area contributed by atoms with Crippen LogP contribution in [0.15, 0.2) is 0 Å². The van der Waals surface area contributed by atoms with E-state index >= 15 is 0 Å². The predicted octanol–water partition coefficient (Wildman–Crippen LogP) is 2.85. The van der Waals surface area contributed by atoms with Crippen LogP contribution in [-0.2, 0) is 0 Å². The van der Waals surface area contributed by atoms with Gasteiger partial charge < -0.3 is 0 Å². The smallest absolute Gasteiger partial charge is 0.0443 e. The van der Waals surface area contributed by atoms with E-state index in [9.17, 15) is 0 Å². The summed E-state index contributed by atoms with van der Waals surface area (Å²) in [6, 6.07) is 0. The van der Waals surface area contributed by atoms with Gasteiger partial charge in [-0.15, -0.1) is 0 Å². The van der Waals surface area contributed by atoms with Crippen molar-refractivity contribution in [1.82, 2.24) is 0 Å². The molecule has 0 heteroatoms. The summed E-state index contributed by atoms with van der Waals surface area (Å²) in [5.74, 6) is 0.803. The average molecular weight is 112 g/mol. The second kappa shape index (κ2) is 5.14. The van der Waals surface area contributed by atoms with Crippen LogP contribution < -0.4 is 0 Å². The molecule has 1 unspecified atom stereocenters. The third kappa shape index (κ3) is 4.17. The first-order valence-corrected chi connectivity index (χ1v) is 3.39. The highest BCUT2D eigenvalue weighted by molar-refractivity contribution is 4.54. The quantitative estimate of drug-likeness (QED) is 0.524. The van der Waals surface area contributed by atoms with E-state index in [4.69, 9.17) is 0 Å². The van der Waals surface area contributed by atoms with Crippen molar-refractivity contribution < 1.29 is 0 Å². The summed E-state index contributed by atoms with van der Waals surface area (Å²) in [5.41, 5.74) is 0. The third-order valence-corrected chi connectivity index (χ3v) is 1.44. The summed E-state index contributed by atoms with van der Waals surface area (Å²) < 4.78 is 0. The third-order valence-electron chi connectivity index (χ3n) is 1.44. The van der Waals surface area contributed by atoms with Gasteiger partial charge in [-0.3, -0.25) is 0 Å². The molecule has 0 fully saturated rings. The van der Waals surface area contributed by atoms with Gasteiger partial charge in [0.1, 0.15) is 0 Å². The standard InChI is InChI=1S/C8H16/c1-4-6-7-8(3)5-2/h8H,1-2,4-7H2,3H3. The number of hydrogen-bond donors (Lipinski definition) is 0. The number of hydrogen-bond acceptors (Lipinski definition) is 0. The van der Waals surface area contributed by atoms with E-state index < -0.39 is 0 Å². The maximum absolute atomic E-state index is 3.82. The Kier molecular flexibility index (Phi) is 5.14. The molecular formula is C8H16. The number of rotatable bonds is 4. The maximum atomic E-state index is 3.82. The van der Waals surface area contributed by atoms with Gasteiger partial charge in [0.25, 0.3) is 0 Å². The zero-order valence-electron chi connectivity index (χ0n) is 5.82. The van der Waals surface area contributed by atoms with Crippen molar-refractivity contribution in [1.29, 1.82) is 0 Å². The minimum atomic E-state index is 0.803. The molecule has 0 heterocycles. The summed E-state index contributed by atoms with van der Waals surface area (Å²) in [7, 11) is 0. The summed E-state index contributed by atoms with van der Waals surface area (Å²) in [4.78, 5) is 0. The molecule has 0 amide bonds. The molecule has 0 rings (SSSR count). The highest BCUT2D eigenvalue weighted by Gasteiger charge is 1.94. The largest absolute Gasteiger partial charge is 0.0625 e. The van der Waals surface area contributed by atoms with Gasteiger partial charge in [-0.2, -0.15) is 0 Å². The summed E-state index contributed by atoms with van der Waals surface area (Å²) in [6.07, 6.45) is 4.70. The van der Waals surface area contributed by atoms with Gasteiger partial charge in [0, 0.05) is 0 Å². The minimum absolute atomic E-state index is 0.803. The number of unbranched alkanes of at least 4 members (excludes halogenated alkanes) is 1. The normalized spacial score (nSPS) is 13.9. The van der Waals surface area contributed by atoms with Crippen molar-refractivity contribution in [3.05, 3.63) is 13.8 Å². The molecule has 8 heavy (non-hydrogen) atoms. The Bertz CT molecular complexity index is 39.3. The van der Waals surface area contributed by atoms with Crippen molar-refractivity contribution in [2.45, 2.75) is 32.6 Å². The molecular weight excluding hydrogens is 96.1 g/mol. The molecule has 0 aromatic heterocycles. The Balaban J connectivity index is 2.86. The molecule has 0 N–H and O–H groups in total. The molecule has 0 saturated carbocycles. The first-order valence-electron chi connectivity index (χ1n) is 3.39. The Hall–Kier alpha value is 0. The van der Waals surface area contributed by atoms with E-state index in [2.05, 4.69) is 20.8 Å². The highest BCUT2D eigenvalue weighted by Crippen LogP contribution is 2.09. The molecule has 1 atom stereocenters. The first kappa shape index (κ1) is 8.00. The van der Waals surface area contributed by atoms with Gasteiger partial charge in [0.2, 0.25) is 0 Å². The van der Waals surface area contributed by atoms with Gasteiger partial charge >= 0.3 is 0 Å².